The Kier molecular flexibility index (Phi) is 26.7. The van der Waals surface area contributed by atoms with Gasteiger partial charge in [0.2, 0.25) is 0 Å². The molecule has 6 aliphatic rings. The van der Waals surface area contributed by atoms with Crippen molar-refractivity contribution >= 4 is 12.4 Å². The molecule has 0 unspecified atom stereocenters. The summed E-state index contributed by atoms with van der Waals surface area (Å²) >= 11 is 0. The number of carbonyl (C=O) groups is 1. The van der Waals surface area contributed by atoms with Gasteiger partial charge in [-0.2, -0.15) is 0 Å². The molecule has 2 saturated heterocycles. The fraction of sp³-hybridized carbons (Fsp3) is 0.681. The van der Waals surface area contributed by atoms with Crippen molar-refractivity contribution in [2.24, 2.45) is 0 Å². The van der Waals surface area contributed by atoms with E-state index in [4.69, 9.17) is 56.8 Å². The minimum absolute atomic E-state index is 0.469. The second-order valence-corrected chi connectivity index (χ2v) is 15.4. The van der Waals surface area contributed by atoms with Crippen LogP contribution in [0.5, 0.6) is 23.0 Å². The van der Waals surface area contributed by atoms with Gasteiger partial charge in [0.25, 0.3) is 0 Å². The van der Waals surface area contributed by atoms with Gasteiger partial charge in [-0.3, -0.25) is 24.4 Å². The fourth-order valence-electron chi connectivity index (χ4n) is 7.03. The van der Waals surface area contributed by atoms with Crippen molar-refractivity contribution in [2.75, 3.05) is 211 Å². The van der Waals surface area contributed by atoms with Crippen molar-refractivity contribution in [2.45, 2.75) is 0 Å². The normalized spacial score (nSPS) is 25.5. The molecule has 6 aliphatic heterocycles. The number of rotatable bonds is 2. The molecule has 0 N–H and O–H groups in total. The van der Waals surface area contributed by atoms with E-state index < -0.39 is 0 Å². The minimum Gasteiger partial charge on any atom is -0.488 e. The lowest BCUT2D eigenvalue weighted by atomic mass is 10.2. The van der Waals surface area contributed by atoms with Gasteiger partial charge in [-0.25, -0.2) is 0 Å². The predicted octanol–water partition coefficient (Wildman–Crippen LogP) is 2.74. The fourth-order valence-corrected chi connectivity index (χ4v) is 7.03. The molecule has 17 heteroatoms. The van der Waals surface area contributed by atoms with Gasteiger partial charge in [-0.05, 0) is 35.9 Å². The molecule has 0 amide bonds. The van der Waals surface area contributed by atoms with Crippen molar-refractivity contribution in [1.82, 2.24) is 19.6 Å². The van der Waals surface area contributed by atoms with Gasteiger partial charge in [0, 0.05) is 84.1 Å². The Bertz CT molecular complexity index is 1390. The summed E-state index contributed by atoms with van der Waals surface area (Å²) in [5, 5.41) is 0. The van der Waals surface area contributed by atoms with Gasteiger partial charge < -0.3 is 56.8 Å². The molecule has 8 rings (SSSR count). The van der Waals surface area contributed by atoms with E-state index in [0.29, 0.717) is 156 Å². The average Bonchev–Trinajstić information content (AvgIpc) is 3.31. The number of benzene rings is 2. The third-order valence-electron chi connectivity index (χ3n) is 10.9. The van der Waals surface area contributed by atoms with E-state index in [1.807, 2.05) is 24.3 Å². The van der Waals surface area contributed by atoms with Crippen LogP contribution < -0.4 is 18.9 Å². The zero-order chi connectivity index (χ0) is 44.5. The zero-order valence-corrected chi connectivity index (χ0v) is 38.0. The maximum atomic E-state index is 11.2. The summed E-state index contributed by atoms with van der Waals surface area (Å²) in [5.41, 5.74) is 1.57. The Morgan fingerprint density at radius 2 is 0.578 bits per heavy atom. The van der Waals surface area contributed by atoms with E-state index in [1.54, 1.807) is 18.2 Å². The number of ether oxygens (including phenoxy) is 12. The van der Waals surface area contributed by atoms with E-state index in [9.17, 15) is 4.79 Å². The molecule has 2 aromatic rings. The molecule has 2 fully saturated rings. The molecule has 6 heterocycles. The lowest BCUT2D eigenvalue weighted by molar-refractivity contribution is 0.00506. The summed E-state index contributed by atoms with van der Waals surface area (Å²) in [6.45, 7) is 25.1. The quantitative estimate of drug-likeness (QED) is 0.408. The maximum absolute atomic E-state index is 11.2. The van der Waals surface area contributed by atoms with Gasteiger partial charge in [0.15, 0.2) is 23.0 Å². The van der Waals surface area contributed by atoms with E-state index in [-0.39, 0.29) is 0 Å². The molecular weight excluding hydrogens is 829 g/mol. The van der Waals surface area contributed by atoms with Crippen LogP contribution in [0.4, 0.5) is 0 Å². The van der Waals surface area contributed by atoms with Crippen LogP contribution in [-0.4, -0.2) is 237 Å². The first kappa shape index (κ1) is 51.6. The molecule has 0 atom stereocenters. The van der Waals surface area contributed by atoms with Crippen molar-refractivity contribution in [3.05, 3.63) is 54.1 Å². The second kappa shape index (κ2) is 33.1. The SMILES string of the molecule is C=Cc1ccc2c(c1)OCCN1CCOCCOCCN(CCOCCOCC1)CCO2.O=Cc1ccc2c(c1)OCCN1CCOCCOCCN(CCOCCOCC1)CCO2. The summed E-state index contributed by atoms with van der Waals surface area (Å²) in [6.07, 6.45) is 2.63. The average molecular weight is 903 g/mol. The summed E-state index contributed by atoms with van der Waals surface area (Å²) < 4.78 is 70.4. The molecular formula is C47H74N4O13. The Morgan fingerprint density at radius 3 is 0.859 bits per heavy atom. The highest BCUT2D eigenvalue weighted by Gasteiger charge is 2.15. The van der Waals surface area contributed by atoms with Crippen LogP contribution >= 0.6 is 0 Å². The number of hydrogen-bond donors (Lipinski definition) is 0. The Morgan fingerprint density at radius 1 is 0.328 bits per heavy atom. The van der Waals surface area contributed by atoms with E-state index in [2.05, 4.69) is 26.2 Å². The van der Waals surface area contributed by atoms with Crippen LogP contribution in [0.25, 0.3) is 6.08 Å². The van der Waals surface area contributed by atoms with Gasteiger partial charge in [-0.15, -0.1) is 0 Å². The van der Waals surface area contributed by atoms with Crippen LogP contribution in [-0.2, 0) is 37.9 Å². The summed E-state index contributed by atoms with van der Waals surface area (Å²) in [5.74, 6) is 2.73. The third-order valence-corrected chi connectivity index (χ3v) is 10.9. The standard InChI is InChI=1S/C24H38N2O6.C23H36N2O7/c1-2-22-3-4-23-24(21-22)32-16-10-26-7-13-29-19-17-27-11-5-25(9-15-31-23)6-12-28-18-20-30-14-8-26;26-20-21-1-2-22-23(19-21)32-14-8-25-5-11-29-17-15-27-9-3-24(7-13-31-22)4-10-28-16-18-30-12-6-25/h2-4,21H,1,5-20H2;1-2,19-20H,3-18H2. The number of aldehydes is 1. The maximum Gasteiger partial charge on any atom is 0.161 e. The monoisotopic (exact) mass is 903 g/mol. The van der Waals surface area contributed by atoms with Crippen LogP contribution in [0.3, 0.4) is 0 Å². The molecule has 0 aromatic heterocycles. The van der Waals surface area contributed by atoms with Crippen LogP contribution in [0.1, 0.15) is 15.9 Å². The molecule has 0 aliphatic carbocycles. The molecule has 0 spiro atoms. The molecule has 4 bridgehead atoms. The highest BCUT2D eigenvalue weighted by molar-refractivity contribution is 5.76. The number of hydrogen-bond acceptors (Lipinski definition) is 17. The van der Waals surface area contributed by atoms with Gasteiger partial charge in [-0.1, -0.05) is 18.7 Å². The number of nitrogens with zero attached hydrogens (tertiary/aromatic N) is 4. The first-order valence-corrected chi connectivity index (χ1v) is 23.1. The highest BCUT2D eigenvalue weighted by atomic mass is 16.5. The topological polar surface area (TPSA) is 141 Å². The van der Waals surface area contributed by atoms with Crippen molar-refractivity contribution in [1.29, 1.82) is 0 Å². The van der Waals surface area contributed by atoms with Crippen molar-refractivity contribution < 1.29 is 61.6 Å². The van der Waals surface area contributed by atoms with E-state index in [1.165, 1.54) is 0 Å². The van der Waals surface area contributed by atoms with Crippen molar-refractivity contribution in [3.63, 3.8) is 0 Å². The van der Waals surface area contributed by atoms with Crippen LogP contribution in [0, 0.1) is 0 Å². The molecule has 2 aromatic carbocycles. The summed E-state index contributed by atoms with van der Waals surface area (Å²) in [4.78, 5) is 20.3. The van der Waals surface area contributed by atoms with Gasteiger partial charge in [0.05, 0.1) is 106 Å². The third kappa shape index (κ3) is 21.7. The number of fused-ring (bicyclic) bond motifs is 36. The predicted molar refractivity (Wildman–Crippen MR) is 243 cm³/mol. The molecule has 17 nitrogen and oxygen atoms in total. The lowest BCUT2D eigenvalue weighted by Gasteiger charge is -2.25. The van der Waals surface area contributed by atoms with E-state index >= 15 is 0 Å². The largest absolute Gasteiger partial charge is 0.488 e. The van der Waals surface area contributed by atoms with Crippen LogP contribution in [0.2, 0.25) is 0 Å². The highest BCUT2D eigenvalue weighted by Crippen LogP contribution is 2.30. The molecule has 0 saturated carbocycles. The zero-order valence-electron chi connectivity index (χ0n) is 38.0. The summed E-state index contributed by atoms with van der Waals surface area (Å²) in [6, 6.07) is 11.2. The lowest BCUT2D eigenvalue weighted by Crippen LogP contribution is -2.36. The van der Waals surface area contributed by atoms with Crippen LogP contribution in [0.15, 0.2) is 43.0 Å². The molecule has 64 heavy (non-hydrogen) atoms. The smallest absolute Gasteiger partial charge is 0.161 e. The summed E-state index contributed by atoms with van der Waals surface area (Å²) in [7, 11) is 0. The second-order valence-electron chi connectivity index (χ2n) is 15.4. The van der Waals surface area contributed by atoms with E-state index in [0.717, 1.165) is 95.3 Å². The molecule has 360 valence electrons. The number of carbonyl (C=O) groups excluding carboxylic acids is 1. The molecule has 0 radical (unpaired) electrons. The first-order chi connectivity index (χ1) is 31.7. The van der Waals surface area contributed by atoms with Gasteiger partial charge in [0.1, 0.15) is 32.7 Å². The van der Waals surface area contributed by atoms with Gasteiger partial charge >= 0.3 is 0 Å². The first-order valence-electron chi connectivity index (χ1n) is 23.1. The minimum atomic E-state index is 0.469. The van der Waals surface area contributed by atoms with Crippen molar-refractivity contribution in [3.8, 4) is 23.0 Å². The Balaban J connectivity index is 0.000000241. The Labute approximate surface area is 380 Å². The Hall–Kier alpha value is -3.43.